The first-order chi connectivity index (χ1) is 34.5. The first-order valence-corrected chi connectivity index (χ1v) is 26.8. The lowest BCUT2D eigenvalue weighted by Crippen LogP contribution is -2.68. The van der Waals surface area contributed by atoms with Gasteiger partial charge in [0.25, 0.3) is 0 Å². The molecule has 6 saturated heterocycles. The molecule has 23 nitrogen and oxygen atoms in total. The van der Waals surface area contributed by atoms with E-state index in [-0.39, 0.29) is 41.6 Å². The lowest BCUT2D eigenvalue weighted by molar-refractivity contribution is -0.403. The third kappa shape index (κ3) is 9.39. The molecule has 10 rings (SSSR count). The van der Waals surface area contributed by atoms with Crippen molar-refractivity contribution in [2.24, 2.45) is 52.3 Å². The number of rotatable bonds is 10. The van der Waals surface area contributed by atoms with Crippen LogP contribution in [0.2, 0.25) is 0 Å². The molecule has 4 saturated carbocycles. The highest BCUT2D eigenvalue weighted by Crippen LogP contribution is 2.71. The Bertz CT molecular complexity index is 1880. The summed E-state index contributed by atoms with van der Waals surface area (Å²) in [4.78, 5) is 0. The Morgan fingerprint density at radius 2 is 1.18 bits per heavy atom. The molecule has 0 aromatic carbocycles. The molecule has 13 N–H and O–H groups in total. The molecule has 6 aliphatic heterocycles. The van der Waals surface area contributed by atoms with Gasteiger partial charge >= 0.3 is 0 Å². The average Bonchev–Trinajstić information content (AvgIpc) is 3.81. The third-order valence-electron chi connectivity index (χ3n) is 20.0. The Morgan fingerprint density at radius 3 is 1.88 bits per heavy atom. The molecule has 0 bridgehead atoms. The van der Waals surface area contributed by atoms with E-state index in [1.165, 1.54) is 6.92 Å². The van der Waals surface area contributed by atoms with Crippen molar-refractivity contribution in [2.75, 3.05) is 26.4 Å². The summed E-state index contributed by atoms with van der Waals surface area (Å²) in [6, 6.07) is 0. The van der Waals surface area contributed by atoms with Gasteiger partial charge in [0.1, 0.15) is 85.5 Å². The maximum Gasteiger partial charge on any atom is 0.187 e. The summed E-state index contributed by atoms with van der Waals surface area (Å²) in [5.41, 5.74) is -0.439. The van der Waals surface area contributed by atoms with Crippen LogP contribution in [0.5, 0.6) is 0 Å². The van der Waals surface area contributed by atoms with Crippen LogP contribution in [0, 0.1) is 52.3 Å². The van der Waals surface area contributed by atoms with Crippen LogP contribution in [0.25, 0.3) is 0 Å². The van der Waals surface area contributed by atoms with Crippen molar-refractivity contribution in [3.63, 3.8) is 0 Å². The molecular weight excluding hydrogens is 969 g/mol. The molecule has 4 aliphatic carbocycles. The van der Waals surface area contributed by atoms with E-state index in [0.717, 1.165) is 32.1 Å². The van der Waals surface area contributed by atoms with Crippen LogP contribution >= 0.6 is 0 Å². The van der Waals surface area contributed by atoms with Crippen molar-refractivity contribution in [1.82, 2.24) is 0 Å². The van der Waals surface area contributed by atoms with Crippen LogP contribution in [0.4, 0.5) is 0 Å². The summed E-state index contributed by atoms with van der Waals surface area (Å²) in [5.74, 6) is 1.06. The minimum absolute atomic E-state index is 0.0137. The highest BCUT2D eigenvalue weighted by Gasteiger charge is 2.70. The van der Waals surface area contributed by atoms with Gasteiger partial charge in [0.05, 0.1) is 56.9 Å². The van der Waals surface area contributed by atoms with E-state index in [9.17, 15) is 66.4 Å². The van der Waals surface area contributed by atoms with Crippen molar-refractivity contribution in [3.05, 3.63) is 0 Å². The zero-order valence-corrected chi connectivity index (χ0v) is 42.2. The van der Waals surface area contributed by atoms with E-state index in [2.05, 4.69) is 27.7 Å². The Kier molecular flexibility index (Phi) is 15.9. The van der Waals surface area contributed by atoms with Gasteiger partial charge in [-0.3, -0.25) is 0 Å². The largest absolute Gasteiger partial charge is 0.394 e. The zero-order valence-electron chi connectivity index (χ0n) is 42.2. The normalized spacial score (nSPS) is 59.3. The summed E-state index contributed by atoms with van der Waals surface area (Å²) in [6.07, 6.45) is -29.4. The van der Waals surface area contributed by atoms with Gasteiger partial charge in [-0.25, -0.2) is 0 Å². The number of hydrogen-bond acceptors (Lipinski definition) is 23. The molecule has 0 aromatic rings. The van der Waals surface area contributed by atoms with Crippen molar-refractivity contribution >= 4 is 0 Å². The molecule has 6 heterocycles. The second-order valence-electron chi connectivity index (χ2n) is 24.1. The molecule has 0 amide bonds. The van der Waals surface area contributed by atoms with Crippen LogP contribution < -0.4 is 0 Å². The topological polar surface area (TPSA) is 355 Å². The van der Waals surface area contributed by atoms with Gasteiger partial charge in [-0.05, 0) is 98.2 Å². The Labute approximate surface area is 424 Å². The van der Waals surface area contributed by atoms with Crippen LogP contribution in [-0.2, 0) is 47.4 Å². The van der Waals surface area contributed by atoms with E-state index >= 15 is 0 Å². The summed E-state index contributed by atoms with van der Waals surface area (Å²) in [5, 5.41) is 143. The Balaban J connectivity index is 0.831. The number of fused-ring (bicyclic) bond motifs is 7. The number of aliphatic hydroxyl groups excluding tert-OH is 13. The summed E-state index contributed by atoms with van der Waals surface area (Å²) < 4.78 is 61.1. The lowest BCUT2D eigenvalue weighted by atomic mass is 9.43. The molecule has 1 spiro atoms. The quantitative estimate of drug-likeness (QED) is 0.0953. The fourth-order valence-electron chi connectivity index (χ4n) is 15.9. The van der Waals surface area contributed by atoms with Gasteiger partial charge in [0.2, 0.25) is 0 Å². The molecule has 0 radical (unpaired) electrons. The van der Waals surface area contributed by atoms with E-state index in [1.807, 2.05) is 0 Å². The molecule has 23 heteroatoms. The van der Waals surface area contributed by atoms with Crippen LogP contribution in [0.1, 0.15) is 86.0 Å². The fraction of sp³-hybridized carbons (Fsp3) is 1.00. The monoisotopic (exact) mass is 1050 g/mol. The zero-order chi connectivity index (χ0) is 52.4. The number of ether oxygens (including phenoxy) is 10. The molecule has 0 aromatic heterocycles. The van der Waals surface area contributed by atoms with Gasteiger partial charge in [-0.1, -0.05) is 27.7 Å². The molecule has 73 heavy (non-hydrogen) atoms. The predicted molar refractivity (Wildman–Crippen MR) is 244 cm³/mol. The molecule has 1 unspecified atom stereocenters. The van der Waals surface area contributed by atoms with E-state index in [1.54, 1.807) is 0 Å². The third-order valence-corrected chi connectivity index (χ3v) is 20.0. The first kappa shape index (κ1) is 55.4. The van der Waals surface area contributed by atoms with Crippen LogP contribution in [0.15, 0.2) is 0 Å². The molecule has 33 atom stereocenters. The fourth-order valence-corrected chi connectivity index (χ4v) is 15.9. The van der Waals surface area contributed by atoms with Crippen molar-refractivity contribution < 1.29 is 114 Å². The van der Waals surface area contributed by atoms with E-state index < -0.39 is 166 Å². The van der Waals surface area contributed by atoms with E-state index in [0.29, 0.717) is 37.2 Å². The van der Waals surface area contributed by atoms with Gasteiger partial charge in [0.15, 0.2) is 30.9 Å². The maximum absolute atomic E-state index is 12.1. The highest BCUT2D eigenvalue weighted by atomic mass is 16.8. The van der Waals surface area contributed by atoms with Gasteiger partial charge in [-0.2, -0.15) is 0 Å². The average molecular weight is 1050 g/mol. The van der Waals surface area contributed by atoms with Crippen molar-refractivity contribution in [1.29, 1.82) is 0 Å². The van der Waals surface area contributed by atoms with E-state index in [4.69, 9.17) is 47.4 Å². The van der Waals surface area contributed by atoms with Gasteiger partial charge in [-0.15, -0.1) is 0 Å². The number of hydrogen-bond donors (Lipinski definition) is 13. The summed E-state index contributed by atoms with van der Waals surface area (Å²) >= 11 is 0. The van der Waals surface area contributed by atoms with Crippen LogP contribution in [-0.4, -0.2) is 240 Å². The SMILES string of the molecule is C[C@H]1CC[C@@]2(OC1)O[C@H]1C[C@H]3[C@@H]4C[C@@H](O)C5C[C@@H](O[C@@H]6O[C@H](CO)[C@H](O[C@@H]7O[C@H](CO)[C@@H](O)[C@H](O[C@@H]8OC[C@@H](O)[C@H](O)[C@H]8O)[C@H]7O[C@@H]7O[C@@H](C)[C@H](O)[C@@H](O)[C@H]7O)[C@H](O)[C@H]6O)[C@H](O)C[C@]5(C)[C@H]4CC[C@]3(C)[C@H]1[C@@H]2C. The van der Waals surface area contributed by atoms with Gasteiger partial charge < -0.3 is 114 Å². The smallest absolute Gasteiger partial charge is 0.187 e. The van der Waals surface area contributed by atoms with Crippen LogP contribution in [0.3, 0.4) is 0 Å². The Morgan fingerprint density at radius 1 is 0.521 bits per heavy atom. The maximum atomic E-state index is 12.1. The minimum Gasteiger partial charge on any atom is -0.394 e. The number of aliphatic hydroxyl groups is 13. The minimum atomic E-state index is -1.93. The molecule has 10 fully saturated rings. The Hall–Kier alpha value is -0.920. The summed E-state index contributed by atoms with van der Waals surface area (Å²) in [6.45, 7) is 8.96. The predicted octanol–water partition coefficient (Wildman–Crippen LogP) is -3.30. The molecule has 420 valence electrons. The molecule has 10 aliphatic rings. The standard InChI is InChI=1S/C50H82O23/c1-18-6-9-50(65-16-18)19(2)32-29(73-50)11-23-21-10-25(53)24-12-28(26(54)13-49(24,5)22(21)7-8-48(23,32)4)67-46-40(63)37(60)41(31(15-52)69-46)70-47-43(72-45-39(62)36(59)33(56)20(3)66-45)42(35(58)30(14-51)68-47)71-44-38(61)34(57)27(55)17-64-44/h18-47,51-63H,6-17H2,1-5H3/t18-,19-,20-,21+,22-,23-,24?,25+,26+,27+,28+,29-,30+,31+,32-,33-,34-,35+,36+,37+,38+,39+,40+,41-,42-,43+,44-,45-,46+,47-,48-,49+,50+/m0/s1. The first-order valence-electron chi connectivity index (χ1n) is 26.8. The van der Waals surface area contributed by atoms with Crippen molar-refractivity contribution in [2.45, 2.75) is 233 Å². The highest BCUT2D eigenvalue weighted by molar-refractivity contribution is 5.17. The molecular formula is C50H82O23. The summed E-state index contributed by atoms with van der Waals surface area (Å²) in [7, 11) is 0. The second-order valence-corrected chi connectivity index (χ2v) is 24.1. The lowest BCUT2D eigenvalue weighted by Gasteiger charge is -2.63. The van der Waals surface area contributed by atoms with Gasteiger partial charge in [0, 0.05) is 12.3 Å². The van der Waals surface area contributed by atoms with Crippen molar-refractivity contribution in [3.8, 4) is 0 Å². The second kappa shape index (κ2) is 21.0.